The number of para-hydroxylation sites is 2. The summed E-state index contributed by atoms with van der Waals surface area (Å²) >= 11 is 1.31. The Morgan fingerprint density at radius 3 is 2.18 bits per heavy atom. The van der Waals surface area contributed by atoms with Crippen LogP contribution < -0.4 is 0 Å². The van der Waals surface area contributed by atoms with Gasteiger partial charge in [-0.05, 0) is 29.3 Å². The summed E-state index contributed by atoms with van der Waals surface area (Å²) in [4.78, 5) is 10.5. The van der Waals surface area contributed by atoms with Crippen LogP contribution in [0.15, 0.2) is 60.0 Å². The molecule has 0 aliphatic carbocycles. The highest BCUT2D eigenvalue weighted by atomic mass is 32.2. The van der Waals surface area contributed by atoms with Crippen LogP contribution in [0, 0.1) is 10.1 Å². The first-order valence-electron chi connectivity index (χ1n) is 7.15. The fourth-order valence-corrected chi connectivity index (χ4v) is 4.08. The summed E-state index contributed by atoms with van der Waals surface area (Å²) in [6.07, 6.45) is 2.35. The molecule has 1 aliphatic heterocycles. The van der Waals surface area contributed by atoms with Crippen LogP contribution in [0.2, 0.25) is 0 Å². The average Bonchev–Trinajstić information content (AvgIpc) is 3.13. The minimum atomic E-state index is -0.995. The maximum Gasteiger partial charge on any atom is 0.291 e. The molecule has 22 heavy (non-hydrogen) atoms. The van der Waals surface area contributed by atoms with E-state index in [0.717, 1.165) is 21.8 Å². The molecular weight excluding hydrogens is 296 g/mol. The molecule has 4 nitrogen and oxygen atoms in total. The molecule has 1 atom stereocenters. The fraction of sp³-hybridized carbons (Fsp3) is 0.176. The normalized spacial score (nSPS) is 20.9. The van der Waals surface area contributed by atoms with E-state index in [0.29, 0.717) is 13.0 Å². The van der Waals surface area contributed by atoms with Crippen LogP contribution >= 0.6 is 11.8 Å². The van der Waals surface area contributed by atoms with Gasteiger partial charge in [0, 0.05) is 33.1 Å². The van der Waals surface area contributed by atoms with Gasteiger partial charge in [-0.15, -0.1) is 0 Å². The molecule has 0 radical (unpaired) electrons. The van der Waals surface area contributed by atoms with E-state index in [9.17, 15) is 10.1 Å². The molecule has 1 aromatic heterocycles. The molecule has 0 spiro atoms. The molecular formula is C17H14N2O2S. The van der Waals surface area contributed by atoms with E-state index >= 15 is 0 Å². The van der Waals surface area contributed by atoms with Gasteiger partial charge in [0.1, 0.15) is 6.54 Å². The van der Waals surface area contributed by atoms with Crippen molar-refractivity contribution in [1.29, 1.82) is 0 Å². The lowest BCUT2D eigenvalue weighted by molar-refractivity contribution is -0.538. The first-order chi connectivity index (χ1) is 10.7. The summed E-state index contributed by atoms with van der Waals surface area (Å²) in [5, 5.41) is 15.8. The number of hydrogen-bond acceptors (Lipinski definition) is 3. The van der Waals surface area contributed by atoms with E-state index in [1.54, 1.807) is 0 Å². The van der Waals surface area contributed by atoms with Gasteiger partial charge in [0.2, 0.25) is 0 Å². The minimum absolute atomic E-state index is 0.138. The molecule has 0 saturated carbocycles. The average molecular weight is 310 g/mol. The Kier molecular flexibility index (Phi) is 2.97. The fourth-order valence-electron chi connectivity index (χ4n) is 3.15. The van der Waals surface area contributed by atoms with Gasteiger partial charge in [0.25, 0.3) is 4.87 Å². The molecule has 110 valence electrons. The molecule has 0 saturated heterocycles. The minimum Gasteiger partial charge on any atom is -0.332 e. The molecule has 0 fully saturated rings. The molecule has 3 aromatic rings. The van der Waals surface area contributed by atoms with Crippen molar-refractivity contribution in [2.75, 3.05) is 0 Å². The number of hydrogen-bond donors (Lipinski definition) is 0. The smallest absolute Gasteiger partial charge is 0.291 e. The van der Waals surface area contributed by atoms with Gasteiger partial charge in [-0.1, -0.05) is 42.5 Å². The highest BCUT2D eigenvalue weighted by molar-refractivity contribution is 8.03. The number of nitro groups is 1. The lowest BCUT2D eigenvalue weighted by Crippen LogP contribution is -2.36. The molecule has 2 heterocycles. The Labute approximate surface area is 131 Å². The van der Waals surface area contributed by atoms with Crippen LogP contribution in [0.25, 0.3) is 21.8 Å². The topological polar surface area (TPSA) is 48.1 Å². The van der Waals surface area contributed by atoms with Crippen LogP contribution in [0.1, 0.15) is 6.42 Å². The summed E-state index contributed by atoms with van der Waals surface area (Å²) < 4.78 is 2.09. The predicted octanol–water partition coefficient (Wildman–Crippen LogP) is 4.42. The third kappa shape index (κ3) is 1.85. The second kappa shape index (κ2) is 4.88. The number of aromatic nitrogens is 1. The lowest BCUT2D eigenvalue weighted by atomic mass is 10.2. The number of nitrogens with zero attached hydrogens (tertiary/aromatic N) is 2. The Hall–Kier alpha value is -2.27. The van der Waals surface area contributed by atoms with Crippen molar-refractivity contribution in [3.8, 4) is 0 Å². The Morgan fingerprint density at radius 1 is 1.09 bits per heavy atom. The highest BCUT2D eigenvalue weighted by Gasteiger charge is 2.45. The lowest BCUT2D eigenvalue weighted by Gasteiger charge is -2.20. The maximum atomic E-state index is 11.7. The monoisotopic (exact) mass is 310 g/mol. The predicted molar refractivity (Wildman–Crippen MR) is 90.5 cm³/mol. The van der Waals surface area contributed by atoms with Gasteiger partial charge < -0.3 is 4.57 Å². The zero-order valence-electron chi connectivity index (χ0n) is 11.8. The van der Waals surface area contributed by atoms with Gasteiger partial charge in [0.05, 0.1) is 0 Å². The van der Waals surface area contributed by atoms with Crippen molar-refractivity contribution in [2.45, 2.75) is 17.8 Å². The molecule has 0 amide bonds. The third-order valence-electron chi connectivity index (χ3n) is 4.24. The first-order valence-corrected chi connectivity index (χ1v) is 8.03. The van der Waals surface area contributed by atoms with Crippen molar-refractivity contribution < 1.29 is 4.92 Å². The summed E-state index contributed by atoms with van der Waals surface area (Å²) in [6, 6.07) is 16.2. The Balaban J connectivity index is 1.95. The Bertz CT molecular complexity index is 852. The van der Waals surface area contributed by atoms with Gasteiger partial charge in [-0.25, -0.2) is 0 Å². The number of rotatable bonds is 3. The largest absolute Gasteiger partial charge is 0.332 e. The van der Waals surface area contributed by atoms with Crippen molar-refractivity contribution in [1.82, 2.24) is 4.57 Å². The van der Waals surface area contributed by atoms with E-state index in [1.165, 1.54) is 11.8 Å². The second-order valence-electron chi connectivity index (χ2n) is 5.52. The van der Waals surface area contributed by atoms with Gasteiger partial charge in [-0.3, -0.25) is 10.1 Å². The molecule has 2 aromatic carbocycles. The van der Waals surface area contributed by atoms with Crippen LogP contribution in [-0.4, -0.2) is 14.4 Å². The number of benzene rings is 2. The molecule has 1 aliphatic rings. The summed E-state index contributed by atoms with van der Waals surface area (Å²) in [5.41, 5.74) is 2.11. The van der Waals surface area contributed by atoms with E-state index in [4.69, 9.17) is 0 Å². The Morgan fingerprint density at radius 2 is 1.68 bits per heavy atom. The third-order valence-corrected chi connectivity index (χ3v) is 5.45. The molecule has 5 heteroatoms. The standard InChI is InChI=1S/C17H14N2O2S/c20-19(21)17(10-5-11-22-17)12-18-15-8-3-1-6-13(15)14-7-2-4-9-16(14)18/h1-9,11H,10,12H2. The van der Waals surface area contributed by atoms with Crippen LogP contribution in [0.5, 0.6) is 0 Å². The van der Waals surface area contributed by atoms with Crippen molar-refractivity contribution in [3.05, 3.63) is 70.1 Å². The van der Waals surface area contributed by atoms with Crippen LogP contribution in [0.3, 0.4) is 0 Å². The van der Waals surface area contributed by atoms with Crippen molar-refractivity contribution >= 4 is 33.6 Å². The zero-order chi connectivity index (χ0) is 15.2. The van der Waals surface area contributed by atoms with E-state index in [-0.39, 0.29) is 4.92 Å². The van der Waals surface area contributed by atoms with Gasteiger partial charge in [-0.2, -0.15) is 0 Å². The number of fused-ring (bicyclic) bond motifs is 3. The summed E-state index contributed by atoms with van der Waals surface area (Å²) in [6.45, 7) is 0.367. The van der Waals surface area contributed by atoms with Crippen LogP contribution in [-0.2, 0) is 6.54 Å². The zero-order valence-corrected chi connectivity index (χ0v) is 12.6. The molecule has 1 unspecified atom stereocenters. The molecule has 0 bridgehead atoms. The van der Waals surface area contributed by atoms with Crippen LogP contribution in [0.4, 0.5) is 0 Å². The summed E-state index contributed by atoms with van der Waals surface area (Å²) in [7, 11) is 0. The van der Waals surface area contributed by atoms with E-state index < -0.39 is 4.87 Å². The first kappa shape index (κ1) is 13.4. The van der Waals surface area contributed by atoms with Crippen molar-refractivity contribution in [2.24, 2.45) is 0 Å². The molecule has 0 N–H and O–H groups in total. The quantitative estimate of drug-likeness (QED) is 0.531. The summed E-state index contributed by atoms with van der Waals surface area (Å²) in [5.74, 6) is 0. The number of thioether (sulfide) groups is 1. The molecule has 4 rings (SSSR count). The van der Waals surface area contributed by atoms with Crippen molar-refractivity contribution in [3.63, 3.8) is 0 Å². The highest BCUT2D eigenvalue weighted by Crippen LogP contribution is 2.40. The van der Waals surface area contributed by atoms with Gasteiger partial charge >= 0.3 is 0 Å². The second-order valence-corrected chi connectivity index (χ2v) is 6.79. The van der Waals surface area contributed by atoms with E-state index in [2.05, 4.69) is 16.7 Å². The SMILES string of the molecule is O=[N+]([O-])C1(Cn2c3ccccc3c3ccccc32)CC=CS1. The van der Waals surface area contributed by atoms with E-state index in [1.807, 2.05) is 47.9 Å². The van der Waals surface area contributed by atoms with Gasteiger partial charge in [0.15, 0.2) is 0 Å². The maximum absolute atomic E-state index is 11.7.